The average molecular weight is 475 g/mol. The fourth-order valence-electron chi connectivity index (χ4n) is 3.05. The van der Waals surface area contributed by atoms with Crippen LogP contribution in [0.2, 0.25) is 0 Å². The van der Waals surface area contributed by atoms with E-state index in [1.165, 1.54) is 6.92 Å². The van der Waals surface area contributed by atoms with E-state index < -0.39 is 17.9 Å². The largest absolute Gasteiger partial charge is 0.490 e. The molecule has 1 amide bonds. The number of anilines is 1. The fraction of sp³-hybridized carbons (Fsp3) is 0.348. The van der Waals surface area contributed by atoms with E-state index >= 15 is 0 Å². The summed E-state index contributed by atoms with van der Waals surface area (Å²) < 4.78 is 22.3. The highest BCUT2D eigenvalue weighted by atomic mass is 16.5. The van der Waals surface area contributed by atoms with E-state index in [1.54, 1.807) is 36.4 Å². The third-order valence-electron chi connectivity index (χ3n) is 4.50. The Bertz CT molecular complexity index is 1010. The average Bonchev–Trinajstić information content (AvgIpc) is 2.81. The molecule has 34 heavy (non-hydrogen) atoms. The molecule has 0 saturated heterocycles. The van der Waals surface area contributed by atoms with Crippen LogP contribution in [0, 0.1) is 0 Å². The molecule has 0 spiro atoms. The summed E-state index contributed by atoms with van der Waals surface area (Å²) in [4.78, 5) is 22.9. The maximum Gasteiger partial charge on any atom is 0.302 e. The number of hydrogen-bond donors (Lipinski definition) is 4. The lowest BCUT2D eigenvalue weighted by molar-refractivity contribution is -0.141. The summed E-state index contributed by atoms with van der Waals surface area (Å²) in [5.74, 6) is 0.0527. The summed E-state index contributed by atoms with van der Waals surface area (Å²) in [6.45, 7) is 5.33. The van der Waals surface area contributed by atoms with Gasteiger partial charge in [0.1, 0.15) is 12.4 Å². The van der Waals surface area contributed by atoms with Crippen LogP contribution in [0.25, 0.3) is 0 Å². The summed E-state index contributed by atoms with van der Waals surface area (Å²) >= 11 is 0. The Morgan fingerprint density at radius 3 is 2.15 bits per heavy atom. The maximum atomic E-state index is 11.6. The lowest BCUT2D eigenvalue weighted by Gasteiger charge is -2.24. The summed E-state index contributed by atoms with van der Waals surface area (Å²) in [5.41, 5.74) is 12.6. The number of nitrogens with two attached hydrogens (primary N) is 2. The fourth-order valence-corrected chi connectivity index (χ4v) is 3.05. The Morgan fingerprint density at radius 1 is 1.00 bits per heavy atom. The summed E-state index contributed by atoms with van der Waals surface area (Å²) in [6, 6.07) is 9.47. The number of benzene rings is 2. The molecule has 11 nitrogen and oxygen atoms in total. The molecule has 2 aromatic rings. The second-order valence-corrected chi connectivity index (χ2v) is 7.02. The van der Waals surface area contributed by atoms with Crippen LogP contribution in [0.4, 0.5) is 5.69 Å². The van der Waals surface area contributed by atoms with E-state index in [1.807, 2.05) is 13.8 Å². The van der Waals surface area contributed by atoms with Gasteiger partial charge < -0.3 is 40.9 Å². The number of esters is 1. The van der Waals surface area contributed by atoms with E-state index in [-0.39, 0.29) is 19.0 Å². The van der Waals surface area contributed by atoms with Gasteiger partial charge in [-0.1, -0.05) is 5.16 Å². The van der Waals surface area contributed by atoms with Gasteiger partial charge in [-0.3, -0.25) is 9.59 Å². The minimum absolute atomic E-state index is 0.0296. The Labute approximate surface area is 197 Å². The molecule has 2 aromatic carbocycles. The normalized spacial score (nSPS) is 11.9. The number of hydrogen-bond acceptors (Lipinski definition) is 9. The molecule has 184 valence electrons. The molecule has 0 radical (unpaired) electrons. The first-order valence-electron chi connectivity index (χ1n) is 10.6. The molecule has 2 rings (SSSR count). The molecule has 0 aromatic heterocycles. The zero-order valence-corrected chi connectivity index (χ0v) is 19.4. The Hall–Kier alpha value is -4.15. The predicted molar refractivity (Wildman–Crippen MR) is 125 cm³/mol. The highest BCUT2D eigenvalue weighted by Gasteiger charge is 2.23. The lowest BCUT2D eigenvalue weighted by Crippen LogP contribution is -2.23. The van der Waals surface area contributed by atoms with Gasteiger partial charge in [-0.15, -0.1) is 0 Å². The number of amidine groups is 1. The maximum absolute atomic E-state index is 11.6. The molecule has 11 heteroatoms. The van der Waals surface area contributed by atoms with Crippen LogP contribution in [0.3, 0.4) is 0 Å². The van der Waals surface area contributed by atoms with Crippen molar-refractivity contribution in [3.8, 4) is 17.2 Å². The molecule has 0 fully saturated rings. The molecule has 0 aliphatic heterocycles. The first-order valence-corrected chi connectivity index (χ1v) is 10.6. The molecule has 0 aliphatic rings. The van der Waals surface area contributed by atoms with Crippen molar-refractivity contribution in [1.29, 1.82) is 0 Å². The van der Waals surface area contributed by atoms with Crippen molar-refractivity contribution in [2.75, 3.05) is 31.7 Å². The highest BCUT2D eigenvalue weighted by molar-refractivity contribution is 5.97. The highest BCUT2D eigenvalue weighted by Crippen LogP contribution is 2.39. The summed E-state index contributed by atoms with van der Waals surface area (Å²) in [7, 11) is 0. The van der Waals surface area contributed by atoms with Gasteiger partial charge in [-0.2, -0.15) is 0 Å². The van der Waals surface area contributed by atoms with Crippen LogP contribution in [-0.2, 0) is 14.3 Å². The number of ether oxygens (including phenoxy) is 4. The van der Waals surface area contributed by atoms with Crippen LogP contribution in [0.5, 0.6) is 17.2 Å². The van der Waals surface area contributed by atoms with Gasteiger partial charge in [0.05, 0.1) is 19.3 Å². The molecule has 0 bridgehead atoms. The number of oxime groups is 1. The standard InChI is InChI=1S/C23H30N4O7/c1-4-31-20-10-17(19(34-13-22(24)29)11-21(20)32-5-2)18(12-33-14(3)28)26-16-8-6-15(7-9-16)23(25)27-30/h6-11,18,26,30H,4-5,12-13H2,1-3H3,(H2,24,29)(H2,25,27). The van der Waals surface area contributed by atoms with Crippen LogP contribution >= 0.6 is 0 Å². The van der Waals surface area contributed by atoms with Crippen molar-refractivity contribution in [3.63, 3.8) is 0 Å². The summed E-state index contributed by atoms with van der Waals surface area (Å²) in [5, 5.41) is 15.1. The third-order valence-corrected chi connectivity index (χ3v) is 4.50. The zero-order valence-electron chi connectivity index (χ0n) is 19.4. The Balaban J connectivity index is 2.51. The first kappa shape index (κ1) is 26.1. The minimum atomic E-state index is -0.652. The van der Waals surface area contributed by atoms with E-state index in [4.69, 9.17) is 35.6 Å². The number of rotatable bonds is 13. The van der Waals surface area contributed by atoms with Crippen molar-refractivity contribution < 1.29 is 33.7 Å². The van der Waals surface area contributed by atoms with Gasteiger partial charge in [-0.25, -0.2) is 0 Å². The van der Waals surface area contributed by atoms with Gasteiger partial charge in [0.15, 0.2) is 23.9 Å². The number of carbonyl (C=O) groups excluding carboxylic acids is 2. The smallest absolute Gasteiger partial charge is 0.302 e. The molecule has 0 aliphatic carbocycles. The van der Waals surface area contributed by atoms with Crippen LogP contribution < -0.4 is 31.0 Å². The monoisotopic (exact) mass is 474 g/mol. The van der Waals surface area contributed by atoms with Crippen LogP contribution in [0.1, 0.15) is 37.9 Å². The van der Waals surface area contributed by atoms with Crippen molar-refractivity contribution >= 4 is 23.4 Å². The van der Waals surface area contributed by atoms with Crippen molar-refractivity contribution in [2.24, 2.45) is 16.6 Å². The number of amides is 1. The van der Waals surface area contributed by atoms with Crippen LogP contribution in [0.15, 0.2) is 41.6 Å². The number of primary amides is 1. The molecular weight excluding hydrogens is 444 g/mol. The molecule has 0 heterocycles. The van der Waals surface area contributed by atoms with Gasteiger partial charge >= 0.3 is 5.97 Å². The third kappa shape index (κ3) is 7.47. The second kappa shape index (κ2) is 12.8. The number of nitrogens with zero attached hydrogens (tertiary/aromatic N) is 1. The first-order chi connectivity index (χ1) is 16.3. The second-order valence-electron chi connectivity index (χ2n) is 7.02. The topological polar surface area (TPSA) is 168 Å². The number of carbonyl (C=O) groups is 2. The van der Waals surface area contributed by atoms with Gasteiger partial charge in [0, 0.05) is 29.8 Å². The Kier molecular flexibility index (Phi) is 9.81. The quantitative estimate of drug-likeness (QED) is 0.112. The molecule has 1 unspecified atom stereocenters. The van der Waals surface area contributed by atoms with Crippen molar-refractivity contribution in [1.82, 2.24) is 0 Å². The lowest BCUT2D eigenvalue weighted by atomic mass is 10.0. The van der Waals surface area contributed by atoms with E-state index in [0.29, 0.717) is 47.3 Å². The molecule has 6 N–H and O–H groups in total. The van der Waals surface area contributed by atoms with Crippen LogP contribution in [-0.4, -0.2) is 49.3 Å². The van der Waals surface area contributed by atoms with Crippen molar-refractivity contribution in [3.05, 3.63) is 47.5 Å². The minimum Gasteiger partial charge on any atom is -0.490 e. The van der Waals surface area contributed by atoms with E-state index in [9.17, 15) is 9.59 Å². The van der Waals surface area contributed by atoms with Gasteiger partial charge in [0.25, 0.3) is 5.91 Å². The summed E-state index contributed by atoms with van der Waals surface area (Å²) in [6.07, 6.45) is 0. The molecule has 1 atom stereocenters. The van der Waals surface area contributed by atoms with E-state index in [0.717, 1.165) is 0 Å². The van der Waals surface area contributed by atoms with Gasteiger partial charge in [0.2, 0.25) is 0 Å². The number of nitrogens with one attached hydrogen (secondary N) is 1. The van der Waals surface area contributed by atoms with Gasteiger partial charge in [-0.05, 0) is 44.2 Å². The predicted octanol–water partition coefficient (Wildman–Crippen LogP) is 2.16. The van der Waals surface area contributed by atoms with E-state index in [2.05, 4.69) is 10.5 Å². The zero-order chi connectivity index (χ0) is 25.1. The molecular formula is C23H30N4O7. The molecule has 0 saturated carbocycles. The SMILES string of the molecule is CCOc1cc(OCC(N)=O)c(C(COC(C)=O)Nc2ccc(C(N)=NO)cc2)cc1OCC. The Morgan fingerprint density at radius 2 is 1.62 bits per heavy atom. The van der Waals surface area contributed by atoms with Crippen molar-refractivity contribution in [2.45, 2.75) is 26.8 Å².